The molecule has 2 N–H and O–H groups in total. The van der Waals surface area contributed by atoms with Crippen molar-refractivity contribution in [2.45, 2.75) is 18.2 Å². The van der Waals surface area contributed by atoms with Crippen molar-refractivity contribution in [1.29, 1.82) is 0 Å². The molecule has 1 heterocycles. The Morgan fingerprint density at radius 3 is 2.73 bits per heavy atom. The molecule has 5 nitrogen and oxygen atoms in total. The molecule has 3 rings (SSSR count). The molecule has 6 heteroatoms. The van der Waals surface area contributed by atoms with E-state index in [0.29, 0.717) is 16.3 Å². The monoisotopic (exact) mass is 315 g/mol. The molecule has 0 spiro atoms. The van der Waals surface area contributed by atoms with Gasteiger partial charge in [0, 0.05) is 11.8 Å². The van der Waals surface area contributed by atoms with Crippen LogP contribution in [-0.4, -0.2) is 14.3 Å². The molecule has 1 aliphatic rings. The topological polar surface area (TPSA) is 77.2 Å². The van der Waals surface area contributed by atoms with Crippen LogP contribution in [-0.2, 0) is 21.2 Å². The van der Waals surface area contributed by atoms with Crippen LogP contribution in [0.4, 0.5) is 5.69 Å². The van der Waals surface area contributed by atoms with E-state index in [2.05, 4.69) is 9.71 Å². The summed E-state index contributed by atoms with van der Waals surface area (Å²) in [7, 11) is -3.69. The molecule has 0 unspecified atom stereocenters. The molecular weight excluding hydrogens is 300 g/mol. The molecular formula is C16H15N2O3S+. The van der Waals surface area contributed by atoms with Crippen molar-refractivity contribution in [3.05, 3.63) is 58.6 Å². The molecule has 0 saturated heterocycles. The Labute approximate surface area is 128 Å². The molecule has 2 aromatic carbocycles. The van der Waals surface area contributed by atoms with Crippen LogP contribution in [0.15, 0.2) is 47.4 Å². The maximum Gasteiger partial charge on any atom is 0.411 e. The summed E-state index contributed by atoms with van der Waals surface area (Å²) < 4.78 is 27.5. The molecule has 0 fully saturated rings. The molecule has 1 amide bonds. The fourth-order valence-corrected chi connectivity index (χ4v) is 3.40. The van der Waals surface area contributed by atoms with Crippen molar-refractivity contribution in [1.82, 2.24) is 0 Å². The van der Waals surface area contributed by atoms with Crippen molar-refractivity contribution in [3.8, 4) is 0 Å². The normalized spacial score (nSPS) is 13.2. The maximum absolute atomic E-state index is 12.5. The first-order chi connectivity index (χ1) is 10.5. The minimum Gasteiger partial charge on any atom is -0.280 e. The van der Waals surface area contributed by atoms with E-state index < -0.39 is 10.0 Å². The Bertz CT molecular complexity index is 979. The lowest BCUT2D eigenvalue weighted by molar-refractivity contribution is -0.406. The van der Waals surface area contributed by atoms with Crippen LogP contribution in [0.25, 0.3) is 6.08 Å². The highest BCUT2D eigenvalue weighted by atomic mass is 32.2. The zero-order valence-corrected chi connectivity index (χ0v) is 12.8. The van der Waals surface area contributed by atoms with E-state index in [1.165, 1.54) is 18.2 Å². The van der Waals surface area contributed by atoms with E-state index in [1.54, 1.807) is 12.1 Å². The standard InChI is InChI=1S/C16H14N2O3S/c1-2-11-4-3-5-13(8-11)18-22(20,21)14-6-7-15-12(9-14)10-16(19)17-15/h3-10,18H,2H2,1H3/p+1. The van der Waals surface area contributed by atoms with Crippen molar-refractivity contribution in [3.63, 3.8) is 0 Å². The number of carbonyl (C=O) groups excluding carboxylic acids is 1. The van der Waals surface area contributed by atoms with Crippen LogP contribution in [0.5, 0.6) is 0 Å². The van der Waals surface area contributed by atoms with Crippen LogP contribution in [0.3, 0.4) is 0 Å². The van der Waals surface area contributed by atoms with Gasteiger partial charge in [0.25, 0.3) is 10.0 Å². The highest BCUT2D eigenvalue weighted by Gasteiger charge is 2.18. The van der Waals surface area contributed by atoms with Crippen LogP contribution >= 0.6 is 0 Å². The van der Waals surface area contributed by atoms with Gasteiger partial charge in [0.15, 0.2) is 0 Å². The second kappa shape index (κ2) is 5.38. The average molecular weight is 315 g/mol. The lowest BCUT2D eigenvalue weighted by Gasteiger charge is -2.08. The number of amides is 1. The molecule has 0 saturated carbocycles. The summed E-state index contributed by atoms with van der Waals surface area (Å²) in [6.07, 6.45) is 2.21. The fraction of sp³-hybridized carbons (Fsp3) is 0.125. The minimum atomic E-state index is -3.69. The largest absolute Gasteiger partial charge is 0.411 e. The Morgan fingerprint density at radius 2 is 1.95 bits per heavy atom. The highest BCUT2D eigenvalue weighted by Crippen LogP contribution is 2.16. The Kier molecular flexibility index (Phi) is 3.54. The van der Waals surface area contributed by atoms with E-state index in [9.17, 15) is 13.2 Å². The van der Waals surface area contributed by atoms with E-state index >= 15 is 0 Å². The van der Waals surface area contributed by atoms with Gasteiger partial charge in [-0.25, -0.2) is 13.2 Å². The lowest BCUT2D eigenvalue weighted by atomic mass is 10.1. The minimum absolute atomic E-state index is 0.126. The van der Waals surface area contributed by atoms with Crippen LogP contribution < -0.4 is 20.3 Å². The predicted octanol–water partition coefficient (Wildman–Crippen LogP) is -0.929. The van der Waals surface area contributed by atoms with Crippen molar-refractivity contribution in [2.75, 3.05) is 4.72 Å². The number of fused-ring (bicyclic) bond motifs is 1. The van der Waals surface area contributed by atoms with Gasteiger partial charge < -0.3 is 0 Å². The van der Waals surface area contributed by atoms with Gasteiger partial charge in [0.05, 0.1) is 16.2 Å². The summed E-state index contributed by atoms with van der Waals surface area (Å²) in [4.78, 5) is 14.0. The van der Waals surface area contributed by atoms with E-state index in [0.717, 1.165) is 12.0 Å². The number of hydrogen-bond acceptors (Lipinski definition) is 3. The predicted molar refractivity (Wildman–Crippen MR) is 81.9 cm³/mol. The fourth-order valence-electron chi connectivity index (χ4n) is 2.32. The number of benzene rings is 2. The van der Waals surface area contributed by atoms with Crippen molar-refractivity contribution >= 4 is 27.7 Å². The highest BCUT2D eigenvalue weighted by molar-refractivity contribution is 7.92. The zero-order valence-electron chi connectivity index (χ0n) is 12.0. The molecule has 1 aliphatic heterocycles. The first-order valence-corrected chi connectivity index (χ1v) is 8.38. The average Bonchev–Trinajstić information content (AvgIpc) is 2.86. The Balaban J connectivity index is 1.97. The van der Waals surface area contributed by atoms with Gasteiger partial charge in [-0.2, -0.15) is 4.99 Å². The van der Waals surface area contributed by atoms with Gasteiger partial charge in [0.2, 0.25) is 5.36 Å². The van der Waals surface area contributed by atoms with Crippen molar-refractivity contribution in [2.24, 2.45) is 0 Å². The summed E-state index contributed by atoms with van der Waals surface area (Å²) in [5.41, 5.74) is 1.58. The molecule has 0 atom stereocenters. The smallest absolute Gasteiger partial charge is 0.280 e. The van der Waals surface area contributed by atoms with Crippen LogP contribution in [0.2, 0.25) is 0 Å². The van der Waals surface area contributed by atoms with Crippen molar-refractivity contribution < 1.29 is 18.2 Å². The van der Waals surface area contributed by atoms with Gasteiger partial charge in [-0.05, 0) is 36.2 Å². The van der Waals surface area contributed by atoms with E-state index in [1.807, 2.05) is 25.1 Å². The third kappa shape index (κ3) is 2.78. The van der Waals surface area contributed by atoms with E-state index in [-0.39, 0.29) is 10.8 Å². The number of hydrogen-bond donors (Lipinski definition) is 2. The van der Waals surface area contributed by atoms with Crippen LogP contribution in [0.1, 0.15) is 12.5 Å². The molecule has 112 valence electrons. The van der Waals surface area contributed by atoms with Gasteiger partial charge in [-0.3, -0.25) is 4.72 Å². The molecule has 22 heavy (non-hydrogen) atoms. The van der Waals surface area contributed by atoms with Gasteiger partial charge >= 0.3 is 5.91 Å². The number of anilines is 1. The number of nitrogens with one attached hydrogen (secondary N) is 2. The lowest BCUT2D eigenvalue weighted by Crippen LogP contribution is -2.79. The Morgan fingerprint density at radius 1 is 1.14 bits per heavy atom. The number of aryl methyl sites for hydroxylation is 1. The second-order valence-corrected chi connectivity index (χ2v) is 6.72. The SMILES string of the molecule is CCc1cccc(NS(=O)(=O)c2ccc3c(c2)=CC(=O)[NH+]=3)c1. The summed E-state index contributed by atoms with van der Waals surface area (Å²) in [5, 5.41) is 1.20. The van der Waals surface area contributed by atoms with Gasteiger partial charge in [-0.15, -0.1) is 0 Å². The first kappa shape index (κ1) is 14.5. The molecule has 0 aromatic heterocycles. The maximum atomic E-state index is 12.5. The van der Waals surface area contributed by atoms with E-state index in [4.69, 9.17) is 0 Å². The summed E-state index contributed by atoms with van der Waals surface area (Å²) in [6.45, 7) is 2.01. The number of sulfonamides is 1. The summed E-state index contributed by atoms with van der Waals surface area (Å²) >= 11 is 0. The number of carbonyl (C=O) groups is 1. The summed E-state index contributed by atoms with van der Waals surface area (Å²) in [6, 6.07) is 11.8. The molecule has 2 aromatic rings. The third-order valence-corrected chi connectivity index (χ3v) is 4.84. The number of rotatable bonds is 4. The van der Waals surface area contributed by atoms with Crippen LogP contribution in [0, 0.1) is 0 Å². The summed E-state index contributed by atoms with van der Waals surface area (Å²) in [5.74, 6) is -0.242. The zero-order chi connectivity index (χ0) is 15.7. The molecule has 0 radical (unpaired) electrons. The van der Waals surface area contributed by atoms with Gasteiger partial charge in [-0.1, -0.05) is 19.1 Å². The van der Waals surface area contributed by atoms with Gasteiger partial charge in [0.1, 0.15) is 0 Å². The molecule has 0 bridgehead atoms. The second-order valence-electron chi connectivity index (χ2n) is 5.04. The Hall–Kier alpha value is -2.47. The third-order valence-electron chi connectivity index (χ3n) is 3.47. The molecule has 0 aliphatic carbocycles. The quantitative estimate of drug-likeness (QED) is 0.765. The first-order valence-electron chi connectivity index (χ1n) is 6.89.